The molecule has 1 aromatic heterocycles. The van der Waals surface area contributed by atoms with Gasteiger partial charge in [0.2, 0.25) is 0 Å². The van der Waals surface area contributed by atoms with E-state index in [9.17, 15) is 14.7 Å². The van der Waals surface area contributed by atoms with Crippen molar-refractivity contribution in [1.82, 2.24) is 9.88 Å². The van der Waals surface area contributed by atoms with E-state index in [-0.39, 0.29) is 13.2 Å². The highest BCUT2D eigenvalue weighted by molar-refractivity contribution is 5.81. The van der Waals surface area contributed by atoms with Gasteiger partial charge in [-0.3, -0.25) is 9.88 Å². The van der Waals surface area contributed by atoms with Crippen LogP contribution in [0.3, 0.4) is 0 Å². The topological polar surface area (TPSA) is 89.0 Å². The number of carboxylic acid groups (broad SMARTS) is 1. The summed E-state index contributed by atoms with van der Waals surface area (Å²) in [6, 6.07) is 11.4. The number of aliphatic carboxylic acids is 1. The highest BCUT2D eigenvalue weighted by atomic mass is 16.6. The molecule has 1 amide bonds. The van der Waals surface area contributed by atoms with Crippen LogP contribution < -0.4 is 0 Å². The Labute approximate surface area is 138 Å². The Morgan fingerprint density at radius 1 is 1.21 bits per heavy atom. The normalized spacial score (nSPS) is 19.9. The van der Waals surface area contributed by atoms with Gasteiger partial charge in [-0.2, -0.15) is 0 Å². The van der Waals surface area contributed by atoms with Gasteiger partial charge in [0.05, 0.1) is 6.61 Å². The van der Waals surface area contributed by atoms with Crippen LogP contribution >= 0.6 is 0 Å². The number of carboxylic acids is 1. The first-order valence-corrected chi connectivity index (χ1v) is 7.40. The SMILES string of the molecule is O=C(O)C1COC(c2ccncc2)N1C(=O)OCc1ccccc1. The van der Waals surface area contributed by atoms with Gasteiger partial charge >= 0.3 is 12.1 Å². The van der Waals surface area contributed by atoms with Gasteiger partial charge in [0.25, 0.3) is 0 Å². The maximum absolute atomic E-state index is 12.5. The van der Waals surface area contributed by atoms with Crippen LogP contribution in [0.1, 0.15) is 17.4 Å². The van der Waals surface area contributed by atoms with Crippen molar-refractivity contribution in [3.63, 3.8) is 0 Å². The minimum Gasteiger partial charge on any atom is -0.480 e. The molecule has 2 atom stereocenters. The minimum absolute atomic E-state index is 0.0611. The average molecular weight is 328 g/mol. The van der Waals surface area contributed by atoms with Gasteiger partial charge in [-0.25, -0.2) is 9.59 Å². The molecule has 0 spiro atoms. The second-order valence-corrected chi connectivity index (χ2v) is 5.27. The number of amides is 1. The molecule has 0 aliphatic carbocycles. The molecule has 124 valence electrons. The lowest BCUT2D eigenvalue weighted by Crippen LogP contribution is -2.43. The quantitative estimate of drug-likeness (QED) is 0.925. The molecule has 2 aromatic rings. The number of ether oxygens (including phenoxy) is 2. The second-order valence-electron chi connectivity index (χ2n) is 5.27. The Balaban J connectivity index is 1.77. The lowest BCUT2D eigenvalue weighted by molar-refractivity contribution is -0.141. The second kappa shape index (κ2) is 7.10. The molecule has 7 nitrogen and oxygen atoms in total. The third kappa shape index (κ3) is 3.36. The monoisotopic (exact) mass is 328 g/mol. The Kier molecular flexibility index (Phi) is 4.72. The molecule has 0 saturated carbocycles. The number of carbonyl (C=O) groups excluding carboxylic acids is 1. The lowest BCUT2D eigenvalue weighted by atomic mass is 10.2. The van der Waals surface area contributed by atoms with Crippen LogP contribution in [-0.4, -0.2) is 39.7 Å². The Bertz CT molecular complexity index is 707. The van der Waals surface area contributed by atoms with Crippen molar-refractivity contribution in [3.05, 3.63) is 66.0 Å². The Hall–Kier alpha value is -2.93. The molecule has 1 fully saturated rings. The van der Waals surface area contributed by atoms with Gasteiger partial charge in [-0.1, -0.05) is 30.3 Å². The van der Waals surface area contributed by atoms with Crippen LogP contribution in [-0.2, 0) is 20.9 Å². The minimum atomic E-state index is -1.14. The van der Waals surface area contributed by atoms with Gasteiger partial charge in [0, 0.05) is 18.0 Å². The van der Waals surface area contributed by atoms with Crippen LogP contribution in [0.15, 0.2) is 54.9 Å². The highest BCUT2D eigenvalue weighted by Gasteiger charge is 2.43. The van der Waals surface area contributed by atoms with Gasteiger partial charge < -0.3 is 14.6 Å². The summed E-state index contributed by atoms with van der Waals surface area (Å²) in [4.78, 5) is 28.9. The molecular formula is C17H16N2O5. The molecular weight excluding hydrogens is 312 g/mol. The predicted molar refractivity (Wildman–Crippen MR) is 82.8 cm³/mol. The van der Waals surface area contributed by atoms with Crippen LogP contribution in [0.25, 0.3) is 0 Å². The lowest BCUT2D eigenvalue weighted by Gasteiger charge is -2.25. The van der Waals surface area contributed by atoms with Gasteiger partial charge in [0.15, 0.2) is 12.3 Å². The fourth-order valence-corrected chi connectivity index (χ4v) is 2.50. The van der Waals surface area contributed by atoms with E-state index in [4.69, 9.17) is 9.47 Å². The first-order valence-electron chi connectivity index (χ1n) is 7.40. The number of carbonyl (C=O) groups is 2. The molecule has 1 aromatic carbocycles. The smallest absolute Gasteiger partial charge is 0.413 e. The van der Waals surface area contributed by atoms with E-state index in [1.54, 1.807) is 24.5 Å². The van der Waals surface area contributed by atoms with Crippen molar-refractivity contribution in [3.8, 4) is 0 Å². The van der Waals surface area contributed by atoms with Crippen molar-refractivity contribution < 1.29 is 24.2 Å². The zero-order valence-corrected chi connectivity index (χ0v) is 12.7. The summed E-state index contributed by atoms with van der Waals surface area (Å²) < 4.78 is 10.8. The largest absolute Gasteiger partial charge is 0.480 e. The molecule has 7 heteroatoms. The molecule has 0 bridgehead atoms. The van der Waals surface area contributed by atoms with Gasteiger partial charge in [0.1, 0.15) is 6.61 Å². The van der Waals surface area contributed by atoms with Crippen molar-refractivity contribution in [2.45, 2.75) is 18.9 Å². The van der Waals surface area contributed by atoms with Crippen molar-refractivity contribution in [2.24, 2.45) is 0 Å². The van der Waals surface area contributed by atoms with E-state index in [2.05, 4.69) is 4.98 Å². The van der Waals surface area contributed by atoms with Crippen molar-refractivity contribution in [2.75, 3.05) is 6.61 Å². The van der Waals surface area contributed by atoms with E-state index in [0.717, 1.165) is 10.5 Å². The zero-order valence-electron chi connectivity index (χ0n) is 12.7. The number of nitrogens with zero attached hydrogens (tertiary/aromatic N) is 2. The van der Waals surface area contributed by atoms with Crippen LogP contribution in [0, 0.1) is 0 Å². The summed E-state index contributed by atoms with van der Waals surface area (Å²) in [5.74, 6) is -1.14. The third-order valence-corrected chi connectivity index (χ3v) is 3.69. The summed E-state index contributed by atoms with van der Waals surface area (Å²) >= 11 is 0. The van der Waals surface area contributed by atoms with Crippen LogP contribution in [0.2, 0.25) is 0 Å². The first kappa shape index (κ1) is 15.9. The van der Waals surface area contributed by atoms with Crippen molar-refractivity contribution in [1.29, 1.82) is 0 Å². The summed E-state index contributed by atoms with van der Waals surface area (Å²) in [7, 11) is 0. The summed E-state index contributed by atoms with van der Waals surface area (Å²) in [6.45, 7) is -0.0334. The number of hydrogen-bond donors (Lipinski definition) is 1. The fourth-order valence-electron chi connectivity index (χ4n) is 2.50. The number of pyridine rings is 1. The maximum Gasteiger partial charge on any atom is 0.413 e. The third-order valence-electron chi connectivity index (χ3n) is 3.69. The molecule has 1 aliphatic heterocycles. The van der Waals surface area contributed by atoms with E-state index in [1.807, 2.05) is 30.3 Å². The van der Waals surface area contributed by atoms with Gasteiger partial charge in [-0.05, 0) is 17.7 Å². The first-order chi connectivity index (χ1) is 11.7. The Morgan fingerprint density at radius 2 is 1.92 bits per heavy atom. The number of aromatic nitrogens is 1. The maximum atomic E-state index is 12.5. The Morgan fingerprint density at radius 3 is 2.58 bits per heavy atom. The fraction of sp³-hybridized carbons (Fsp3) is 0.235. The zero-order chi connectivity index (χ0) is 16.9. The van der Waals surface area contributed by atoms with Crippen molar-refractivity contribution >= 4 is 12.1 Å². The van der Waals surface area contributed by atoms with E-state index in [1.165, 1.54) is 0 Å². The summed E-state index contributed by atoms with van der Waals surface area (Å²) in [6.07, 6.45) is 1.57. The van der Waals surface area contributed by atoms with Crippen LogP contribution in [0.4, 0.5) is 4.79 Å². The molecule has 1 saturated heterocycles. The van der Waals surface area contributed by atoms with Gasteiger partial charge in [-0.15, -0.1) is 0 Å². The number of benzene rings is 1. The molecule has 2 heterocycles. The van der Waals surface area contributed by atoms with E-state index >= 15 is 0 Å². The highest BCUT2D eigenvalue weighted by Crippen LogP contribution is 2.31. The molecule has 1 aliphatic rings. The predicted octanol–water partition coefficient (Wildman–Crippen LogP) is 2.20. The molecule has 1 N–H and O–H groups in total. The van der Waals surface area contributed by atoms with E-state index < -0.39 is 24.3 Å². The average Bonchev–Trinajstić information content (AvgIpc) is 3.07. The summed E-state index contributed by atoms with van der Waals surface area (Å²) in [5, 5.41) is 9.34. The van der Waals surface area contributed by atoms with E-state index in [0.29, 0.717) is 5.56 Å². The molecule has 24 heavy (non-hydrogen) atoms. The van der Waals surface area contributed by atoms with Crippen LogP contribution in [0.5, 0.6) is 0 Å². The standard InChI is InChI=1S/C17H16N2O5/c20-16(21)14-11-23-15(13-6-8-18-9-7-13)19(14)17(22)24-10-12-4-2-1-3-5-12/h1-9,14-15H,10-11H2,(H,20,21). The summed E-state index contributed by atoms with van der Waals surface area (Å²) in [5.41, 5.74) is 1.46. The number of rotatable bonds is 4. The molecule has 2 unspecified atom stereocenters. The molecule has 0 radical (unpaired) electrons. The number of hydrogen-bond acceptors (Lipinski definition) is 5. The molecule has 3 rings (SSSR count).